The van der Waals surface area contributed by atoms with Gasteiger partial charge in [-0.3, -0.25) is 0 Å². The molecule has 2 heteroatoms. The molecular formula is C10H20OW. The van der Waals surface area contributed by atoms with Crippen LogP contribution in [0.3, 0.4) is 0 Å². The van der Waals surface area contributed by atoms with Crippen LogP contribution >= 0.6 is 0 Å². The second-order valence-electron chi connectivity index (χ2n) is 3.42. The van der Waals surface area contributed by atoms with Gasteiger partial charge in [-0.05, 0) is 0 Å². The summed E-state index contributed by atoms with van der Waals surface area (Å²) in [6, 6.07) is 0. The van der Waals surface area contributed by atoms with E-state index in [1.54, 1.807) is 0 Å². The van der Waals surface area contributed by atoms with E-state index in [4.69, 9.17) is 0 Å². The SMILES string of the molecule is [CH2-]CC.[CH2-]CC(=O)C(C)(C)C.[W+2]. The van der Waals surface area contributed by atoms with Crippen LogP contribution in [-0.4, -0.2) is 5.78 Å². The summed E-state index contributed by atoms with van der Waals surface area (Å²) >= 11 is 0. The minimum atomic E-state index is -0.193. The standard InChI is InChI=1S/C7H13O.C3H7.W/c1-5-6(8)7(2,3)4;1-3-2;/h1,5H2,2-4H3;1,3H2,2H3;/q2*-1;+2. The Morgan fingerprint density at radius 1 is 1.25 bits per heavy atom. The van der Waals surface area contributed by atoms with Crippen LogP contribution < -0.4 is 0 Å². The zero-order valence-electron chi connectivity index (χ0n) is 8.64. The van der Waals surface area contributed by atoms with Crippen molar-refractivity contribution in [2.75, 3.05) is 0 Å². The van der Waals surface area contributed by atoms with Gasteiger partial charge in [0.05, 0.1) is 0 Å². The van der Waals surface area contributed by atoms with E-state index in [1.807, 2.05) is 27.7 Å². The van der Waals surface area contributed by atoms with Crippen molar-refractivity contribution in [3.8, 4) is 0 Å². The van der Waals surface area contributed by atoms with Crippen LogP contribution in [0.1, 0.15) is 40.5 Å². The van der Waals surface area contributed by atoms with Crippen molar-refractivity contribution < 1.29 is 25.9 Å². The zero-order chi connectivity index (χ0) is 9.49. The number of ketones is 1. The zero-order valence-corrected chi connectivity index (χ0v) is 11.6. The first-order chi connectivity index (χ1) is 4.90. The molecule has 0 atom stereocenters. The number of hydrogen-bond donors (Lipinski definition) is 0. The summed E-state index contributed by atoms with van der Waals surface area (Å²) in [5.41, 5.74) is -0.193. The Labute approximate surface area is 91.6 Å². The first-order valence-electron chi connectivity index (χ1n) is 4.01. The van der Waals surface area contributed by atoms with E-state index in [0.717, 1.165) is 6.42 Å². The van der Waals surface area contributed by atoms with E-state index in [9.17, 15) is 4.79 Å². The van der Waals surface area contributed by atoms with Gasteiger partial charge in [-0.25, -0.2) is 0 Å². The van der Waals surface area contributed by atoms with Crippen molar-refractivity contribution in [1.29, 1.82) is 0 Å². The van der Waals surface area contributed by atoms with Crippen molar-refractivity contribution in [3.05, 3.63) is 13.8 Å². The predicted octanol–water partition coefficient (Wildman–Crippen LogP) is 3.05. The quantitative estimate of drug-likeness (QED) is 0.671. The fourth-order valence-electron chi connectivity index (χ4n) is 0.375. The van der Waals surface area contributed by atoms with E-state index in [0.29, 0.717) is 6.42 Å². The third kappa shape index (κ3) is 13.0. The van der Waals surface area contributed by atoms with Gasteiger partial charge in [0.1, 0.15) is 5.78 Å². The normalized spacial score (nSPS) is 9.17. The third-order valence-corrected chi connectivity index (χ3v) is 1.06. The van der Waals surface area contributed by atoms with Gasteiger partial charge in [0.15, 0.2) is 0 Å². The molecular weight excluding hydrogens is 320 g/mol. The Morgan fingerprint density at radius 3 is 1.50 bits per heavy atom. The van der Waals surface area contributed by atoms with Crippen molar-refractivity contribution in [2.45, 2.75) is 40.5 Å². The first-order valence-corrected chi connectivity index (χ1v) is 4.01. The van der Waals surface area contributed by atoms with Gasteiger partial charge in [-0.1, -0.05) is 27.7 Å². The molecule has 0 N–H and O–H groups in total. The molecule has 0 aromatic carbocycles. The molecule has 0 radical (unpaired) electrons. The van der Waals surface area contributed by atoms with Gasteiger partial charge < -0.3 is 18.6 Å². The van der Waals surface area contributed by atoms with E-state index >= 15 is 0 Å². The van der Waals surface area contributed by atoms with E-state index in [2.05, 4.69) is 13.8 Å². The molecule has 0 rings (SSSR count). The van der Waals surface area contributed by atoms with Gasteiger partial charge >= 0.3 is 21.1 Å². The molecule has 1 nitrogen and oxygen atoms in total. The Balaban J connectivity index is -0.000000177. The second-order valence-corrected chi connectivity index (χ2v) is 3.42. The minimum absolute atomic E-state index is 0. The molecule has 0 heterocycles. The van der Waals surface area contributed by atoms with Crippen molar-refractivity contribution in [1.82, 2.24) is 0 Å². The summed E-state index contributed by atoms with van der Waals surface area (Å²) in [7, 11) is 0. The largest absolute Gasteiger partial charge is 2.00 e. The molecule has 0 aliphatic carbocycles. The van der Waals surface area contributed by atoms with Crippen LogP contribution in [-0.2, 0) is 25.9 Å². The van der Waals surface area contributed by atoms with Gasteiger partial charge in [0, 0.05) is 5.41 Å². The molecule has 0 unspecified atom stereocenters. The number of rotatable bonds is 1. The van der Waals surface area contributed by atoms with Crippen LogP contribution in [0.2, 0.25) is 0 Å². The molecule has 0 fully saturated rings. The minimum Gasteiger partial charge on any atom is -0.344 e. The van der Waals surface area contributed by atoms with Crippen LogP contribution in [0.4, 0.5) is 0 Å². The maximum Gasteiger partial charge on any atom is 2.00 e. The van der Waals surface area contributed by atoms with Gasteiger partial charge in [-0.2, -0.15) is 6.42 Å². The number of hydrogen-bond acceptors (Lipinski definition) is 1. The predicted molar refractivity (Wildman–Crippen MR) is 50.1 cm³/mol. The molecule has 72 valence electrons. The molecule has 0 aliphatic rings. The number of carbonyl (C=O) groups excluding carboxylic acids is 1. The maximum atomic E-state index is 10.8. The average Bonchev–Trinajstić information content (AvgIpc) is 1.86. The Hall–Kier alpha value is 0.358. The summed E-state index contributed by atoms with van der Waals surface area (Å²) < 4.78 is 0. The molecule has 0 saturated heterocycles. The van der Waals surface area contributed by atoms with Crippen LogP contribution in [0, 0.1) is 19.3 Å². The molecule has 0 aromatic rings. The smallest absolute Gasteiger partial charge is 0.344 e. The van der Waals surface area contributed by atoms with Crippen LogP contribution in [0.5, 0.6) is 0 Å². The van der Waals surface area contributed by atoms with Crippen LogP contribution in [0.25, 0.3) is 0 Å². The second kappa shape index (κ2) is 9.45. The maximum absolute atomic E-state index is 10.8. The molecule has 12 heavy (non-hydrogen) atoms. The Bertz CT molecular complexity index is 103. The van der Waals surface area contributed by atoms with Crippen molar-refractivity contribution in [3.63, 3.8) is 0 Å². The Morgan fingerprint density at radius 2 is 1.50 bits per heavy atom. The van der Waals surface area contributed by atoms with Crippen molar-refractivity contribution in [2.24, 2.45) is 5.41 Å². The molecule has 0 spiro atoms. The first kappa shape index (κ1) is 18.2. The number of Topliss-reactive ketones (excluding diaryl/α,β-unsaturated/α-hetero) is 1. The third-order valence-electron chi connectivity index (χ3n) is 1.06. The Kier molecular flexibility index (Phi) is 14.3. The van der Waals surface area contributed by atoms with Gasteiger partial charge in [0.25, 0.3) is 0 Å². The summed E-state index contributed by atoms with van der Waals surface area (Å²) in [6.07, 6.45) is 1.41. The van der Waals surface area contributed by atoms with Crippen LogP contribution in [0.15, 0.2) is 0 Å². The van der Waals surface area contributed by atoms with E-state index in [1.165, 1.54) is 0 Å². The number of carbonyl (C=O) groups is 1. The summed E-state index contributed by atoms with van der Waals surface area (Å²) in [5, 5.41) is 0. The summed E-state index contributed by atoms with van der Waals surface area (Å²) in [5.74, 6) is 0.220. The van der Waals surface area contributed by atoms with Crippen molar-refractivity contribution >= 4 is 5.78 Å². The average molecular weight is 340 g/mol. The van der Waals surface area contributed by atoms with Gasteiger partial charge in [0.2, 0.25) is 0 Å². The molecule has 0 bridgehead atoms. The molecule has 0 amide bonds. The summed E-state index contributed by atoms with van der Waals surface area (Å²) in [4.78, 5) is 10.8. The molecule has 0 saturated carbocycles. The van der Waals surface area contributed by atoms with E-state index < -0.39 is 0 Å². The van der Waals surface area contributed by atoms with Gasteiger partial charge in [-0.15, -0.1) is 6.42 Å². The monoisotopic (exact) mass is 340 g/mol. The fraction of sp³-hybridized carbons (Fsp3) is 0.700. The topological polar surface area (TPSA) is 17.1 Å². The van der Waals surface area contributed by atoms with E-state index in [-0.39, 0.29) is 32.3 Å². The molecule has 0 aromatic heterocycles. The fourth-order valence-corrected chi connectivity index (χ4v) is 0.375. The molecule has 0 aliphatic heterocycles. The summed E-state index contributed by atoms with van der Waals surface area (Å²) in [6.45, 7) is 14.7.